The Kier molecular flexibility index (Phi) is 8.15. The van der Waals surface area contributed by atoms with E-state index in [1.54, 1.807) is 12.5 Å². The summed E-state index contributed by atoms with van der Waals surface area (Å²) in [5.41, 5.74) is 1.66. The first-order valence-corrected chi connectivity index (χ1v) is 8.59. The second-order valence-electron chi connectivity index (χ2n) is 5.58. The molecule has 1 heterocycles. The molecule has 0 amide bonds. The minimum absolute atomic E-state index is 0.00989. The molecule has 1 N–H and O–H groups in total. The average molecular weight is 355 g/mol. The number of anilines is 1. The van der Waals surface area contributed by atoms with Gasteiger partial charge in [-0.2, -0.15) is 0 Å². The third-order valence-electron chi connectivity index (χ3n) is 3.63. The number of hydrogen-bond acceptors (Lipinski definition) is 6. The molecule has 0 saturated carbocycles. The van der Waals surface area contributed by atoms with Gasteiger partial charge in [-0.3, -0.25) is 0 Å². The Morgan fingerprint density at radius 2 is 1.92 bits per heavy atom. The van der Waals surface area contributed by atoms with Gasteiger partial charge < -0.3 is 19.2 Å². The zero-order chi connectivity index (χ0) is 18.6. The maximum Gasteiger partial charge on any atom is 0.318 e. The van der Waals surface area contributed by atoms with E-state index < -0.39 is 0 Å². The van der Waals surface area contributed by atoms with Gasteiger partial charge in [-0.25, -0.2) is 0 Å². The lowest BCUT2D eigenvalue weighted by molar-refractivity contribution is 0.282. The lowest BCUT2D eigenvalue weighted by Gasteiger charge is -2.18. The van der Waals surface area contributed by atoms with Gasteiger partial charge in [0, 0.05) is 18.7 Å². The molecular weight excluding hydrogens is 330 g/mol. The molecule has 1 aromatic heterocycles. The van der Waals surface area contributed by atoms with Crippen molar-refractivity contribution in [3.8, 4) is 11.5 Å². The second-order valence-corrected chi connectivity index (χ2v) is 5.58. The van der Waals surface area contributed by atoms with E-state index in [9.17, 15) is 0 Å². The SMILES string of the molecule is C=CCCN(CC/C=C/O/C=C/C)c1nnc(-c2ccc(CO)cc2)o1. The molecule has 0 bridgehead atoms. The van der Waals surface area contributed by atoms with Gasteiger partial charge in [-0.1, -0.05) is 29.4 Å². The number of benzene rings is 1. The Balaban J connectivity index is 2.03. The van der Waals surface area contributed by atoms with E-state index in [0.717, 1.165) is 37.1 Å². The summed E-state index contributed by atoms with van der Waals surface area (Å²) in [4.78, 5) is 2.03. The first-order valence-electron chi connectivity index (χ1n) is 8.59. The van der Waals surface area contributed by atoms with Crippen molar-refractivity contribution >= 4 is 6.01 Å². The molecule has 2 aromatic rings. The molecule has 0 spiro atoms. The Morgan fingerprint density at radius 3 is 2.62 bits per heavy atom. The average Bonchev–Trinajstić information content (AvgIpc) is 3.17. The van der Waals surface area contributed by atoms with Crippen LogP contribution in [-0.2, 0) is 11.3 Å². The van der Waals surface area contributed by atoms with Gasteiger partial charge in [0.2, 0.25) is 5.89 Å². The molecule has 138 valence electrons. The maximum absolute atomic E-state index is 9.12. The molecule has 0 aliphatic heterocycles. The van der Waals surface area contributed by atoms with Gasteiger partial charge in [0.05, 0.1) is 19.1 Å². The Labute approximate surface area is 154 Å². The predicted octanol–water partition coefficient (Wildman–Crippen LogP) is 4.07. The molecule has 2 rings (SSSR count). The van der Waals surface area contributed by atoms with Gasteiger partial charge in [0.15, 0.2) is 0 Å². The zero-order valence-corrected chi connectivity index (χ0v) is 15.0. The van der Waals surface area contributed by atoms with Crippen LogP contribution in [0.1, 0.15) is 25.3 Å². The highest BCUT2D eigenvalue weighted by atomic mass is 16.5. The summed E-state index contributed by atoms with van der Waals surface area (Å²) in [7, 11) is 0. The van der Waals surface area contributed by atoms with Crippen molar-refractivity contribution in [2.24, 2.45) is 0 Å². The Bertz CT molecular complexity index is 720. The van der Waals surface area contributed by atoms with Crippen LogP contribution in [0.15, 0.2) is 66.0 Å². The summed E-state index contributed by atoms with van der Waals surface area (Å²) in [6.07, 6.45) is 10.5. The third-order valence-corrected chi connectivity index (χ3v) is 3.63. The molecule has 0 saturated heterocycles. The molecule has 0 fully saturated rings. The van der Waals surface area contributed by atoms with Crippen LogP contribution < -0.4 is 4.90 Å². The highest BCUT2D eigenvalue weighted by molar-refractivity contribution is 5.54. The largest absolute Gasteiger partial charge is 0.473 e. The molecule has 0 unspecified atom stereocenters. The van der Waals surface area contributed by atoms with Gasteiger partial charge >= 0.3 is 6.01 Å². The summed E-state index contributed by atoms with van der Waals surface area (Å²) in [5, 5.41) is 17.4. The van der Waals surface area contributed by atoms with Gasteiger partial charge in [0.25, 0.3) is 0 Å². The number of ether oxygens (including phenoxy) is 1. The quantitative estimate of drug-likeness (QED) is 0.484. The lowest BCUT2D eigenvalue weighted by Crippen LogP contribution is -2.25. The third kappa shape index (κ3) is 5.89. The van der Waals surface area contributed by atoms with E-state index in [-0.39, 0.29) is 6.61 Å². The fraction of sp³-hybridized carbons (Fsp3) is 0.300. The number of aliphatic hydroxyl groups excluding tert-OH is 1. The molecule has 0 atom stereocenters. The fourth-order valence-electron chi connectivity index (χ4n) is 2.24. The topological polar surface area (TPSA) is 71.6 Å². The monoisotopic (exact) mass is 355 g/mol. The van der Waals surface area contributed by atoms with Gasteiger partial charge in [-0.05, 0) is 43.5 Å². The number of hydrogen-bond donors (Lipinski definition) is 1. The van der Waals surface area contributed by atoms with Crippen molar-refractivity contribution in [3.63, 3.8) is 0 Å². The van der Waals surface area contributed by atoms with Crippen molar-refractivity contribution in [2.45, 2.75) is 26.4 Å². The van der Waals surface area contributed by atoms with E-state index in [2.05, 4.69) is 16.8 Å². The predicted molar refractivity (Wildman–Crippen MR) is 102 cm³/mol. The van der Waals surface area contributed by atoms with E-state index in [1.165, 1.54) is 0 Å². The highest BCUT2D eigenvalue weighted by Crippen LogP contribution is 2.22. The van der Waals surface area contributed by atoms with Crippen molar-refractivity contribution in [1.82, 2.24) is 10.2 Å². The van der Waals surface area contributed by atoms with Crippen LogP contribution in [-0.4, -0.2) is 28.4 Å². The number of aromatic nitrogens is 2. The first-order chi connectivity index (χ1) is 12.8. The van der Waals surface area contributed by atoms with Crippen molar-refractivity contribution in [2.75, 3.05) is 18.0 Å². The number of nitrogens with zero attached hydrogens (tertiary/aromatic N) is 3. The molecule has 0 radical (unpaired) electrons. The standard InChI is InChI=1S/C20H25N3O3/c1-3-5-12-23(13-6-7-15-25-14-4-2)20-22-21-19(26-20)18-10-8-17(16-24)9-11-18/h3-4,7-11,14-15,24H,1,5-6,12-13,16H2,2H3/b14-4+,15-7+. The fourth-order valence-corrected chi connectivity index (χ4v) is 2.24. The first kappa shape index (κ1) is 19.5. The van der Waals surface area contributed by atoms with Gasteiger partial charge in [0.1, 0.15) is 0 Å². The Hall–Kier alpha value is -2.86. The van der Waals surface area contributed by atoms with Crippen LogP contribution in [0.4, 0.5) is 6.01 Å². The number of rotatable bonds is 11. The van der Waals surface area contributed by atoms with Crippen LogP contribution in [0.3, 0.4) is 0 Å². The molecule has 6 heteroatoms. The summed E-state index contributed by atoms with van der Waals surface area (Å²) in [6, 6.07) is 7.88. The van der Waals surface area contributed by atoms with Crippen LogP contribution in [0, 0.1) is 0 Å². The van der Waals surface area contributed by atoms with Gasteiger partial charge in [-0.15, -0.1) is 11.7 Å². The van der Waals surface area contributed by atoms with Crippen molar-refractivity contribution in [3.05, 3.63) is 67.2 Å². The van der Waals surface area contributed by atoms with Crippen molar-refractivity contribution in [1.29, 1.82) is 0 Å². The van der Waals surface area contributed by atoms with E-state index >= 15 is 0 Å². The van der Waals surface area contributed by atoms with Crippen LogP contribution in [0.2, 0.25) is 0 Å². The minimum atomic E-state index is 0.00989. The summed E-state index contributed by atoms with van der Waals surface area (Å²) >= 11 is 0. The molecule has 0 aliphatic carbocycles. The summed E-state index contributed by atoms with van der Waals surface area (Å²) < 4.78 is 11.0. The number of aliphatic hydroxyl groups is 1. The van der Waals surface area contributed by atoms with Crippen LogP contribution in [0.25, 0.3) is 11.5 Å². The van der Waals surface area contributed by atoms with Crippen molar-refractivity contribution < 1.29 is 14.3 Å². The molecule has 0 aliphatic rings. The summed E-state index contributed by atoms with van der Waals surface area (Å²) in [6.45, 7) is 7.16. The molecule has 26 heavy (non-hydrogen) atoms. The minimum Gasteiger partial charge on any atom is -0.473 e. The second kappa shape index (κ2) is 10.9. The van der Waals surface area contributed by atoms with E-state index in [0.29, 0.717) is 11.9 Å². The summed E-state index contributed by atoms with van der Waals surface area (Å²) in [5.74, 6) is 0.458. The van der Waals surface area contributed by atoms with E-state index in [4.69, 9.17) is 14.3 Å². The molecular formula is C20H25N3O3. The molecule has 1 aromatic carbocycles. The highest BCUT2D eigenvalue weighted by Gasteiger charge is 2.14. The maximum atomic E-state index is 9.12. The normalized spacial score (nSPS) is 11.3. The lowest BCUT2D eigenvalue weighted by atomic mass is 10.1. The van der Waals surface area contributed by atoms with E-state index in [1.807, 2.05) is 54.3 Å². The van der Waals surface area contributed by atoms with Crippen LogP contribution in [0.5, 0.6) is 0 Å². The Morgan fingerprint density at radius 1 is 1.15 bits per heavy atom. The smallest absolute Gasteiger partial charge is 0.318 e. The van der Waals surface area contributed by atoms with Crippen LogP contribution >= 0.6 is 0 Å². The number of allylic oxidation sites excluding steroid dienone is 1. The zero-order valence-electron chi connectivity index (χ0n) is 15.0. The molecule has 6 nitrogen and oxygen atoms in total.